The predicted octanol–water partition coefficient (Wildman–Crippen LogP) is 3.43. The minimum atomic E-state index is -0.0183. The molecule has 0 spiro atoms. The molecule has 0 aliphatic carbocycles. The van der Waals surface area contributed by atoms with E-state index < -0.39 is 0 Å². The van der Waals surface area contributed by atoms with Gasteiger partial charge >= 0.3 is 0 Å². The Balaban J connectivity index is 1.27. The molecule has 174 valence electrons. The highest BCUT2D eigenvalue weighted by Crippen LogP contribution is 2.23. The van der Waals surface area contributed by atoms with Crippen molar-refractivity contribution in [2.45, 2.75) is 32.5 Å². The van der Waals surface area contributed by atoms with Gasteiger partial charge < -0.3 is 15.1 Å². The molecule has 2 aromatic heterocycles. The van der Waals surface area contributed by atoms with Gasteiger partial charge in [0.05, 0.1) is 11.4 Å². The number of pyridine rings is 1. The Kier molecular flexibility index (Phi) is 7.67. The molecule has 0 radical (unpaired) electrons. The highest BCUT2D eigenvalue weighted by atomic mass is 32.2. The highest BCUT2D eigenvalue weighted by Gasteiger charge is 2.16. The summed E-state index contributed by atoms with van der Waals surface area (Å²) in [6.07, 6.45) is 5.58. The number of hydrogen-bond donors (Lipinski definition) is 1. The molecule has 8 heteroatoms. The van der Waals surface area contributed by atoms with Crippen molar-refractivity contribution < 1.29 is 4.79 Å². The van der Waals surface area contributed by atoms with E-state index in [2.05, 4.69) is 76.2 Å². The Hall–Kier alpha value is -2.84. The summed E-state index contributed by atoms with van der Waals surface area (Å²) in [5, 5.41) is 3.81. The molecule has 0 bridgehead atoms. The first-order chi connectivity index (χ1) is 16.0. The Morgan fingerprint density at radius 3 is 2.64 bits per heavy atom. The third-order valence-electron chi connectivity index (χ3n) is 6.01. The van der Waals surface area contributed by atoms with Gasteiger partial charge in [0.2, 0.25) is 5.91 Å². The number of amides is 1. The van der Waals surface area contributed by atoms with Crippen molar-refractivity contribution >= 4 is 23.5 Å². The second-order valence-electron chi connectivity index (χ2n) is 8.38. The largest absolute Gasteiger partial charge is 0.354 e. The summed E-state index contributed by atoms with van der Waals surface area (Å²) in [5.41, 5.74) is 4.47. The SMILES string of the molecule is CCN1CCN(c2ccc(CNC(=O)CSc3nccn3-c3cc(C)ccc3C)cn2)CC1. The minimum Gasteiger partial charge on any atom is -0.354 e. The quantitative estimate of drug-likeness (QED) is 0.515. The Labute approximate surface area is 200 Å². The molecule has 1 N–H and O–H groups in total. The molecular formula is C25H32N6OS. The number of nitrogens with zero attached hydrogens (tertiary/aromatic N) is 5. The van der Waals surface area contributed by atoms with Crippen LogP contribution in [0, 0.1) is 13.8 Å². The van der Waals surface area contributed by atoms with Gasteiger partial charge in [-0.1, -0.05) is 36.9 Å². The van der Waals surface area contributed by atoms with Gasteiger partial charge in [0.15, 0.2) is 5.16 Å². The number of hydrogen-bond acceptors (Lipinski definition) is 6. The van der Waals surface area contributed by atoms with Gasteiger partial charge in [-0.3, -0.25) is 9.36 Å². The summed E-state index contributed by atoms with van der Waals surface area (Å²) in [6.45, 7) is 12.1. The van der Waals surface area contributed by atoms with Crippen LogP contribution in [-0.2, 0) is 11.3 Å². The van der Waals surface area contributed by atoms with Crippen LogP contribution in [0.5, 0.6) is 0 Å². The summed E-state index contributed by atoms with van der Waals surface area (Å²) in [6, 6.07) is 10.5. The number of carbonyl (C=O) groups is 1. The van der Waals surface area contributed by atoms with Crippen LogP contribution < -0.4 is 10.2 Å². The van der Waals surface area contributed by atoms with Crippen molar-refractivity contribution in [2.75, 3.05) is 43.4 Å². The van der Waals surface area contributed by atoms with E-state index in [1.807, 2.05) is 17.0 Å². The van der Waals surface area contributed by atoms with Gasteiger partial charge in [-0.15, -0.1) is 0 Å². The fourth-order valence-electron chi connectivity index (χ4n) is 3.94. The van der Waals surface area contributed by atoms with E-state index in [9.17, 15) is 4.79 Å². The zero-order chi connectivity index (χ0) is 23.2. The van der Waals surface area contributed by atoms with Crippen molar-refractivity contribution in [3.8, 4) is 5.69 Å². The molecular weight excluding hydrogens is 432 g/mol. The van der Waals surface area contributed by atoms with Gasteiger partial charge in [0, 0.05) is 51.3 Å². The normalized spacial score (nSPS) is 14.5. The van der Waals surface area contributed by atoms with Crippen molar-refractivity contribution in [1.82, 2.24) is 24.8 Å². The predicted molar refractivity (Wildman–Crippen MR) is 134 cm³/mol. The molecule has 1 aliphatic heterocycles. The van der Waals surface area contributed by atoms with Crippen molar-refractivity contribution in [1.29, 1.82) is 0 Å². The van der Waals surface area contributed by atoms with Crippen LogP contribution in [0.15, 0.2) is 54.1 Å². The second kappa shape index (κ2) is 10.9. The third-order valence-corrected chi connectivity index (χ3v) is 6.97. The van der Waals surface area contributed by atoms with Crippen molar-refractivity contribution in [2.24, 2.45) is 0 Å². The lowest BCUT2D eigenvalue weighted by atomic mass is 10.1. The minimum absolute atomic E-state index is 0.0183. The van der Waals surface area contributed by atoms with E-state index in [1.54, 1.807) is 6.20 Å². The highest BCUT2D eigenvalue weighted by molar-refractivity contribution is 7.99. The topological polar surface area (TPSA) is 66.3 Å². The molecule has 0 atom stereocenters. The summed E-state index contributed by atoms with van der Waals surface area (Å²) in [7, 11) is 0. The van der Waals surface area contributed by atoms with E-state index in [-0.39, 0.29) is 5.91 Å². The number of imidazole rings is 1. The van der Waals surface area contributed by atoms with Crippen LogP contribution >= 0.6 is 11.8 Å². The lowest BCUT2D eigenvalue weighted by molar-refractivity contribution is -0.118. The summed E-state index contributed by atoms with van der Waals surface area (Å²) in [5.74, 6) is 1.31. The summed E-state index contributed by atoms with van der Waals surface area (Å²) in [4.78, 5) is 26.3. The van der Waals surface area contributed by atoms with Crippen LogP contribution in [0.4, 0.5) is 5.82 Å². The molecule has 4 rings (SSSR count). The first kappa shape index (κ1) is 23.3. The number of aryl methyl sites for hydroxylation is 2. The lowest BCUT2D eigenvalue weighted by Crippen LogP contribution is -2.46. The summed E-state index contributed by atoms with van der Waals surface area (Å²) < 4.78 is 2.04. The van der Waals surface area contributed by atoms with Gasteiger partial charge in [0.25, 0.3) is 0 Å². The van der Waals surface area contributed by atoms with E-state index in [1.165, 1.54) is 22.9 Å². The van der Waals surface area contributed by atoms with Crippen molar-refractivity contribution in [3.63, 3.8) is 0 Å². The van der Waals surface area contributed by atoms with Crippen LogP contribution in [0.3, 0.4) is 0 Å². The van der Waals surface area contributed by atoms with Gasteiger partial charge in [-0.25, -0.2) is 9.97 Å². The van der Waals surface area contributed by atoms with Crippen molar-refractivity contribution in [3.05, 3.63) is 65.6 Å². The Bertz CT molecular complexity index is 1070. The first-order valence-corrected chi connectivity index (χ1v) is 12.4. The zero-order valence-electron chi connectivity index (χ0n) is 19.6. The van der Waals surface area contributed by atoms with Crippen LogP contribution in [-0.4, -0.2) is 63.8 Å². The maximum absolute atomic E-state index is 12.5. The molecule has 3 heterocycles. The second-order valence-corrected chi connectivity index (χ2v) is 9.32. The monoisotopic (exact) mass is 464 g/mol. The molecule has 3 aromatic rings. The third kappa shape index (κ3) is 5.94. The van der Waals surface area contributed by atoms with Crippen LogP contribution in [0.1, 0.15) is 23.6 Å². The smallest absolute Gasteiger partial charge is 0.230 e. The number of rotatable bonds is 8. The van der Waals surface area contributed by atoms with Gasteiger partial charge in [-0.05, 0) is 49.2 Å². The number of piperazine rings is 1. The zero-order valence-corrected chi connectivity index (χ0v) is 20.4. The molecule has 0 saturated carbocycles. The fourth-order valence-corrected chi connectivity index (χ4v) is 4.74. The number of aromatic nitrogens is 3. The maximum atomic E-state index is 12.5. The number of likely N-dealkylation sites (N-methyl/N-ethyl adjacent to an activating group) is 1. The molecule has 1 fully saturated rings. The Morgan fingerprint density at radius 1 is 1.09 bits per heavy atom. The van der Waals surface area contributed by atoms with Crippen LogP contribution in [0.2, 0.25) is 0 Å². The standard InChI is InChI=1S/C25H32N6OS/c1-4-29-11-13-30(14-12-29)23-8-7-21(16-27-23)17-28-24(32)18-33-25-26-9-10-31(25)22-15-19(2)5-6-20(22)3/h5-10,15-16H,4,11-14,17-18H2,1-3H3,(H,28,32). The molecule has 33 heavy (non-hydrogen) atoms. The van der Waals surface area contributed by atoms with Gasteiger partial charge in [0.1, 0.15) is 5.82 Å². The lowest BCUT2D eigenvalue weighted by Gasteiger charge is -2.34. The number of thioether (sulfide) groups is 1. The van der Waals surface area contributed by atoms with Crippen LogP contribution in [0.25, 0.3) is 5.69 Å². The number of anilines is 1. The van der Waals surface area contributed by atoms with E-state index in [4.69, 9.17) is 0 Å². The molecule has 1 amide bonds. The number of nitrogens with one attached hydrogen (secondary N) is 1. The molecule has 1 saturated heterocycles. The first-order valence-electron chi connectivity index (χ1n) is 11.5. The van der Waals surface area contributed by atoms with E-state index in [0.717, 1.165) is 54.9 Å². The maximum Gasteiger partial charge on any atom is 0.230 e. The molecule has 1 aliphatic rings. The van der Waals surface area contributed by atoms with Gasteiger partial charge in [-0.2, -0.15) is 0 Å². The van der Waals surface area contributed by atoms with E-state index in [0.29, 0.717) is 12.3 Å². The number of benzene rings is 1. The summed E-state index contributed by atoms with van der Waals surface area (Å²) >= 11 is 1.44. The van der Waals surface area contributed by atoms with E-state index >= 15 is 0 Å². The molecule has 1 aromatic carbocycles. The fraction of sp³-hybridized carbons (Fsp3) is 0.400. The number of carbonyl (C=O) groups excluding carboxylic acids is 1. The Morgan fingerprint density at radius 2 is 1.91 bits per heavy atom. The average Bonchev–Trinajstić information content (AvgIpc) is 3.32. The molecule has 7 nitrogen and oxygen atoms in total. The molecule has 0 unspecified atom stereocenters. The average molecular weight is 465 g/mol.